The summed E-state index contributed by atoms with van der Waals surface area (Å²) in [5, 5.41) is 12.1. The second-order valence-electron chi connectivity index (χ2n) is 9.09. The number of amides is 1. The van der Waals surface area contributed by atoms with Crippen molar-refractivity contribution in [2.75, 3.05) is 33.0 Å². The highest BCUT2D eigenvalue weighted by Crippen LogP contribution is 2.30. The monoisotopic (exact) mass is 477 g/mol. The van der Waals surface area contributed by atoms with Gasteiger partial charge in [0.15, 0.2) is 0 Å². The van der Waals surface area contributed by atoms with Gasteiger partial charge in [-0.1, -0.05) is 30.3 Å². The van der Waals surface area contributed by atoms with E-state index >= 15 is 0 Å². The molecule has 0 radical (unpaired) electrons. The van der Waals surface area contributed by atoms with Crippen LogP contribution in [0.5, 0.6) is 0 Å². The Morgan fingerprint density at radius 2 is 1.76 bits per heavy atom. The Hall–Kier alpha value is -2.49. The van der Waals surface area contributed by atoms with Crippen molar-refractivity contribution in [1.82, 2.24) is 15.2 Å². The van der Waals surface area contributed by atoms with Crippen LogP contribution < -0.4 is 5.32 Å². The number of piperidine rings is 1. The van der Waals surface area contributed by atoms with E-state index in [4.69, 9.17) is 4.74 Å². The molecule has 0 bridgehead atoms. The number of ether oxygens (including phenoxy) is 1. The summed E-state index contributed by atoms with van der Waals surface area (Å²) in [6.07, 6.45) is -0.498. The van der Waals surface area contributed by atoms with E-state index in [-0.39, 0.29) is 0 Å². The molecule has 2 fully saturated rings. The highest BCUT2D eigenvalue weighted by atomic mass is 19.3. The maximum Gasteiger partial charge on any atom is 0.315 e. The van der Waals surface area contributed by atoms with Gasteiger partial charge in [-0.05, 0) is 49.0 Å². The van der Waals surface area contributed by atoms with Crippen LogP contribution in [0.15, 0.2) is 42.6 Å². The molecule has 2 aromatic rings. The first-order valence-corrected chi connectivity index (χ1v) is 11.6. The third-order valence-corrected chi connectivity index (χ3v) is 6.83. The first-order valence-electron chi connectivity index (χ1n) is 11.6. The number of hydrogen-bond acceptors (Lipinski definition) is 5. The zero-order valence-electron chi connectivity index (χ0n) is 18.9. The Bertz CT molecular complexity index is 931. The summed E-state index contributed by atoms with van der Waals surface area (Å²) in [6, 6.07) is 9.20. The van der Waals surface area contributed by atoms with Crippen LogP contribution in [-0.4, -0.2) is 66.3 Å². The van der Waals surface area contributed by atoms with Crippen LogP contribution >= 0.6 is 0 Å². The fourth-order valence-electron chi connectivity index (χ4n) is 4.58. The van der Waals surface area contributed by atoms with Crippen LogP contribution in [0.2, 0.25) is 0 Å². The van der Waals surface area contributed by atoms with Gasteiger partial charge in [0, 0.05) is 24.2 Å². The predicted octanol–water partition coefficient (Wildman–Crippen LogP) is 3.36. The fraction of sp³-hybridized carbons (Fsp3) is 0.520. The number of carbonyl (C=O) groups excluding carboxylic acids is 1. The third kappa shape index (κ3) is 5.95. The molecule has 4 rings (SSSR count). The number of halogens is 3. The zero-order valence-corrected chi connectivity index (χ0v) is 18.9. The van der Waals surface area contributed by atoms with Gasteiger partial charge in [-0.15, -0.1) is 0 Å². The molecular formula is C25H30F3N3O3. The first-order chi connectivity index (χ1) is 16.4. The topological polar surface area (TPSA) is 74.7 Å². The van der Waals surface area contributed by atoms with Crippen molar-refractivity contribution >= 4 is 5.91 Å². The van der Waals surface area contributed by atoms with Crippen LogP contribution in [-0.2, 0) is 16.1 Å². The van der Waals surface area contributed by atoms with E-state index < -0.39 is 31.2 Å². The minimum Gasteiger partial charge on any atom is -0.386 e. The highest BCUT2D eigenvalue weighted by molar-refractivity contribution is 5.79. The number of nitrogens with zero attached hydrogens (tertiary/aromatic N) is 2. The van der Waals surface area contributed by atoms with E-state index in [1.165, 1.54) is 12.8 Å². The summed E-state index contributed by atoms with van der Waals surface area (Å²) >= 11 is 0. The summed E-state index contributed by atoms with van der Waals surface area (Å²) in [5.41, 5.74) is 3.07. The number of alkyl halides is 3. The third-order valence-electron chi connectivity index (χ3n) is 6.83. The molecule has 2 aliphatic rings. The summed E-state index contributed by atoms with van der Waals surface area (Å²) in [7, 11) is 0. The molecule has 184 valence electrons. The Morgan fingerprint density at radius 3 is 2.29 bits per heavy atom. The number of pyridine rings is 1. The lowest BCUT2D eigenvalue weighted by Gasteiger charge is -2.39. The molecule has 2 unspecified atom stereocenters. The first kappa shape index (κ1) is 24.6. The van der Waals surface area contributed by atoms with Crippen molar-refractivity contribution in [1.29, 1.82) is 0 Å². The number of rotatable bonds is 9. The fourth-order valence-corrected chi connectivity index (χ4v) is 4.58. The van der Waals surface area contributed by atoms with E-state index in [2.05, 4.69) is 9.88 Å². The van der Waals surface area contributed by atoms with Gasteiger partial charge in [-0.3, -0.25) is 14.7 Å². The van der Waals surface area contributed by atoms with Gasteiger partial charge >= 0.3 is 6.43 Å². The number of aliphatic hydroxyl groups excluding tert-OH is 1. The van der Waals surface area contributed by atoms with Crippen LogP contribution in [0.1, 0.15) is 30.2 Å². The van der Waals surface area contributed by atoms with Gasteiger partial charge in [0.05, 0.1) is 24.9 Å². The molecular weight excluding hydrogens is 447 g/mol. The van der Waals surface area contributed by atoms with E-state index in [0.29, 0.717) is 5.56 Å². The number of aliphatic hydroxyl groups is 1. The Labute approximate surface area is 197 Å². The van der Waals surface area contributed by atoms with Crippen molar-refractivity contribution in [2.24, 2.45) is 11.8 Å². The molecule has 1 aromatic carbocycles. The molecule has 3 heterocycles. The minimum absolute atomic E-state index is 0.322. The highest BCUT2D eigenvalue weighted by Gasteiger charge is 2.31. The lowest BCUT2D eigenvalue weighted by Crippen LogP contribution is -2.43. The summed E-state index contributed by atoms with van der Waals surface area (Å²) in [4.78, 5) is 18.2. The maximum absolute atomic E-state index is 13.2. The van der Waals surface area contributed by atoms with E-state index in [9.17, 15) is 23.1 Å². The number of hydrogen-bond donors (Lipinski definition) is 2. The number of benzene rings is 1. The van der Waals surface area contributed by atoms with Gasteiger partial charge in [-0.25, -0.2) is 4.39 Å². The molecule has 0 aliphatic carbocycles. The number of carbonyl (C=O) groups is 1. The van der Waals surface area contributed by atoms with Crippen LogP contribution in [0.4, 0.5) is 13.2 Å². The normalized spacial score (nSPS) is 19.6. The largest absolute Gasteiger partial charge is 0.386 e. The van der Waals surface area contributed by atoms with Crippen molar-refractivity contribution in [3.05, 3.63) is 53.9 Å². The number of likely N-dealkylation sites (tertiary alicyclic amines) is 1. The lowest BCUT2D eigenvalue weighted by molar-refractivity contribution is -0.133. The molecule has 1 aromatic heterocycles. The van der Waals surface area contributed by atoms with Crippen molar-refractivity contribution in [2.45, 2.75) is 38.0 Å². The summed E-state index contributed by atoms with van der Waals surface area (Å²) in [6.45, 7) is 3.63. The lowest BCUT2D eigenvalue weighted by atomic mass is 9.83. The van der Waals surface area contributed by atoms with Crippen LogP contribution in [0, 0.1) is 11.8 Å². The van der Waals surface area contributed by atoms with Crippen LogP contribution in [0.3, 0.4) is 0 Å². The van der Waals surface area contributed by atoms with Gasteiger partial charge in [0.25, 0.3) is 5.91 Å². The molecule has 1 amide bonds. The summed E-state index contributed by atoms with van der Waals surface area (Å²) < 4.78 is 43.4. The number of nitrogens with one attached hydrogen (secondary N) is 1. The molecule has 34 heavy (non-hydrogen) atoms. The molecule has 0 spiro atoms. The van der Waals surface area contributed by atoms with Crippen LogP contribution in [0.25, 0.3) is 11.1 Å². The Morgan fingerprint density at radius 1 is 1.09 bits per heavy atom. The maximum atomic E-state index is 13.2. The van der Waals surface area contributed by atoms with Crippen molar-refractivity contribution in [3.8, 4) is 11.1 Å². The van der Waals surface area contributed by atoms with Crippen molar-refractivity contribution in [3.63, 3.8) is 0 Å². The average Bonchev–Trinajstić information content (AvgIpc) is 2.82. The summed E-state index contributed by atoms with van der Waals surface area (Å²) in [5.74, 6) is -0.0873. The SMILES string of the molecule is O=C(NC(CF)C(O)c1ccc(-c2ccc(CN3CCC(C4COC4)CC3)nc2)cc1)C(F)F. The molecule has 2 atom stereocenters. The van der Waals surface area contributed by atoms with Crippen molar-refractivity contribution < 1.29 is 27.8 Å². The standard InChI is InChI=1S/C25H30F3N3O3/c26-11-22(30-25(33)24(27)28)23(32)18-3-1-16(2-4-18)19-5-6-21(29-12-19)13-31-9-7-17(8-10-31)20-14-34-15-20/h1-6,12,17,20,22-24,32H,7-11,13-15H2,(H,30,33). The van der Waals surface area contributed by atoms with Gasteiger partial charge in [0.1, 0.15) is 12.8 Å². The zero-order chi connectivity index (χ0) is 24.1. The molecule has 2 N–H and O–H groups in total. The minimum atomic E-state index is -3.27. The quantitative estimate of drug-likeness (QED) is 0.580. The van der Waals surface area contributed by atoms with E-state index in [0.717, 1.165) is 61.5 Å². The average molecular weight is 478 g/mol. The molecule has 6 nitrogen and oxygen atoms in total. The smallest absolute Gasteiger partial charge is 0.315 e. The molecule has 9 heteroatoms. The second kappa shape index (κ2) is 11.3. The predicted molar refractivity (Wildman–Crippen MR) is 121 cm³/mol. The molecule has 2 saturated heterocycles. The van der Waals surface area contributed by atoms with Gasteiger partial charge in [0.2, 0.25) is 0 Å². The molecule has 2 aliphatic heterocycles. The molecule has 0 saturated carbocycles. The Kier molecular flexibility index (Phi) is 8.18. The second-order valence-corrected chi connectivity index (χ2v) is 9.09. The van der Waals surface area contributed by atoms with Gasteiger partial charge < -0.3 is 15.2 Å². The van der Waals surface area contributed by atoms with E-state index in [1.807, 2.05) is 17.4 Å². The Balaban J connectivity index is 1.31. The van der Waals surface area contributed by atoms with E-state index in [1.54, 1.807) is 30.5 Å². The van der Waals surface area contributed by atoms with Gasteiger partial charge in [-0.2, -0.15) is 8.78 Å². The number of aromatic nitrogens is 1.